The zero-order chi connectivity index (χ0) is 17.5. The van der Waals surface area contributed by atoms with Crippen LogP contribution >= 0.6 is 0 Å². The minimum Gasteiger partial charge on any atom is -0.339 e. The lowest BCUT2D eigenvalue weighted by Gasteiger charge is -2.29. The van der Waals surface area contributed by atoms with Crippen molar-refractivity contribution in [1.29, 1.82) is 0 Å². The van der Waals surface area contributed by atoms with Gasteiger partial charge < -0.3 is 4.90 Å². The van der Waals surface area contributed by atoms with Crippen molar-refractivity contribution in [1.82, 2.24) is 30.4 Å². The van der Waals surface area contributed by atoms with Crippen LogP contribution in [-0.2, 0) is 17.8 Å². The average molecular weight is 342 g/mol. The molecule has 1 atom stereocenters. The summed E-state index contributed by atoms with van der Waals surface area (Å²) in [6.45, 7) is 5.90. The Morgan fingerprint density at radius 1 is 1.28 bits per heavy atom. The lowest BCUT2D eigenvalue weighted by Crippen LogP contribution is -2.42. The second kappa shape index (κ2) is 8.71. The number of aromatic nitrogens is 4. The standard InChI is InChI=1S/C18H26N6O/c1-15-13-23(14-16-7-3-2-4-8-16)11-6-12-24(15)18(25)10-5-9-17-19-21-22-20-17/h2-4,7-8,15H,5-6,9-14H2,1H3,(H,19,20,21,22). The number of hydrogen-bond acceptors (Lipinski definition) is 5. The number of carbonyl (C=O) groups excluding carboxylic acids is 1. The number of hydrogen-bond donors (Lipinski definition) is 1. The van der Waals surface area contributed by atoms with E-state index < -0.39 is 0 Å². The highest BCUT2D eigenvalue weighted by Gasteiger charge is 2.25. The molecule has 0 saturated carbocycles. The molecule has 1 aromatic carbocycles. The van der Waals surface area contributed by atoms with Gasteiger partial charge in [-0.05, 0) is 25.3 Å². The molecular formula is C18H26N6O. The molecule has 0 spiro atoms. The van der Waals surface area contributed by atoms with Gasteiger partial charge in [-0.3, -0.25) is 9.69 Å². The van der Waals surface area contributed by atoms with Gasteiger partial charge >= 0.3 is 0 Å². The third-order valence-corrected chi connectivity index (χ3v) is 4.68. The van der Waals surface area contributed by atoms with E-state index in [2.05, 4.69) is 56.7 Å². The third kappa shape index (κ3) is 5.09. The maximum Gasteiger partial charge on any atom is 0.222 e. The fourth-order valence-electron chi connectivity index (χ4n) is 3.43. The molecule has 1 aromatic heterocycles. The first-order valence-electron chi connectivity index (χ1n) is 9.00. The normalized spacial score (nSPS) is 18.9. The summed E-state index contributed by atoms with van der Waals surface area (Å²) in [5.41, 5.74) is 1.33. The van der Waals surface area contributed by atoms with E-state index in [9.17, 15) is 4.79 Å². The highest BCUT2D eigenvalue weighted by atomic mass is 16.2. The molecule has 1 aliphatic heterocycles. The fourth-order valence-corrected chi connectivity index (χ4v) is 3.43. The summed E-state index contributed by atoms with van der Waals surface area (Å²) >= 11 is 0. The van der Waals surface area contributed by atoms with Gasteiger partial charge in [0.2, 0.25) is 5.91 Å². The van der Waals surface area contributed by atoms with Gasteiger partial charge in [-0.15, -0.1) is 10.2 Å². The number of benzene rings is 1. The molecule has 0 radical (unpaired) electrons. The molecule has 7 heteroatoms. The van der Waals surface area contributed by atoms with Crippen LogP contribution in [0.1, 0.15) is 37.6 Å². The van der Waals surface area contributed by atoms with E-state index >= 15 is 0 Å². The quantitative estimate of drug-likeness (QED) is 0.863. The second-order valence-corrected chi connectivity index (χ2v) is 6.69. The van der Waals surface area contributed by atoms with Crippen LogP contribution in [-0.4, -0.2) is 62.0 Å². The van der Waals surface area contributed by atoms with Gasteiger partial charge in [0.25, 0.3) is 0 Å². The molecule has 1 fully saturated rings. The minimum atomic E-state index is 0.234. The van der Waals surface area contributed by atoms with Crippen LogP contribution in [0.5, 0.6) is 0 Å². The Morgan fingerprint density at radius 3 is 2.88 bits per heavy atom. The average Bonchev–Trinajstić information content (AvgIpc) is 3.05. The van der Waals surface area contributed by atoms with Gasteiger partial charge in [-0.25, -0.2) is 0 Å². The maximum absolute atomic E-state index is 12.6. The van der Waals surface area contributed by atoms with Crippen LogP contribution in [0.15, 0.2) is 30.3 Å². The van der Waals surface area contributed by atoms with Crippen LogP contribution in [0.4, 0.5) is 0 Å². The first-order valence-corrected chi connectivity index (χ1v) is 9.00. The summed E-state index contributed by atoms with van der Waals surface area (Å²) < 4.78 is 0. The van der Waals surface area contributed by atoms with Crippen molar-refractivity contribution >= 4 is 5.91 Å². The summed E-state index contributed by atoms with van der Waals surface area (Å²) in [5, 5.41) is 13.8. The second-order valence-electron chi connectivity index (χ2n) is 6.69. The van der Waals surface area contributed by atoms with E-state index in [4.69, 9.17) is 0 Å². The van der Waals surface area contributed by atoms with E-state index in [-0.39, 0.29) is 11.9 Å². The molecule has 0 bridgehead atoms. The van der Waals surface area contributed by atoms with Crippen molar-refractivity contribution in [3.05, 3.63) is 41.7 Å². The number of carbonyl (C=O) groups is 1. The lowest BCUT2D eigenvalue weighted by molar-refractivity contribution is -0.133. The van der Waals surface area contributed by atoms with E-state index in [1.165, 1.54) is 5.56 Å². The van der Waals surface area contributed by atoms with Crippen molar-refractivity contribution in [2.45, 2.75) is 45.2 Å². The van der Waals surface area contributed by atoms with Gasteiger partial charge in [0.15, 0.2) is 5.82 Å². The Bertz CT molecular complexity index is 645. The predicted molar refractivity (Wildman–Crippen MR) is 94.6 cm³/mol. The molecule has 134 valence electrons. The maximum atomic E-state index is 12.6. The topological polar surface area (TPSA) is 78.0 Å². The number of aryl methyl sites for hydroxylation is 1. The summed E-state index contributed by atoms with van der Waals surface area (Å²) in [4.78, 5) is 17.1. The molecule has 1 aliphatic rings. The highest BCUT2D eigenvalue weighted by molar-refractivity contribution is 5.76. The Labute approximate surface area is 148 Å². The Balaban J connectivity index is 1.48. The van der Waals surface area contributed by atoms with Crippen molar-refractivity contribution in [3.8, 4) is 0 Å². The first kappa shape index (κ1) is 17.5. The van der Waals surface area contributed by atoms with Crippen LogP contribution in [0.3, 0.4) is 0 Å². The molecule has 7 nitrogen and oxygen atoms in total. The number of aromatic amines is 1. The number of rotatable bonds is 6. The molecular weight excluding hydrogens is 316 g/mol. The number of tetrazole rings is 1. The Kier molecular flexibility index (Phi) is 6.11. The molecule has 1 amide bonds. The van der Waals surface area contributed by atoms with Crippen molar-refractivity contribution < 1.29 is 4.79 Å². The van der Waals surface area contributed by atoms with E-state index in [0.29, 0.717) is 18.7 Å². The summed E-state index contributed by atoms with van der Waals surface area (Å²) in [5.74, 6) is 0.906. The largest absolute Gasteiger partial charge is 0.339 e. The third-order valence-electron chi connectivity index (χ3n) is 4.68. The number of nitrogens with one attached hydrogen (secondary N) is 1. The SMILES string of the molecule is CC1CN(Cc2ccccc2)CCCN1C(=O)CCCc1nn[nH]n1. The number of amides is 1. The smallest absolute Gasteiger partial charge is 0.222 e. The van der Waals surface area contributed by atoms with E-state index in [1.54, 1.807) is 0 Å². The molecule has 1 saturated heterocycles. The fraction of sp³-hybridized carbons (Fsp3) is 0.556. The van der Waals surface area contributed by atoms with Gasteiger partial charge in [-0.1, -0.05) is 35.5 Å². The highest BCUT2D eigenvalue weighted by Crippen LogP contribution is 2.15. The van der Waals surface area contributed by atoms with Crippen molar-refractivity contribution in [2.24, 2.45) is 0 Å². The van der Waals surface area contributed by atoms with E-state index in [1.807, 2.05) is 11.0 Å². The Morgan fingerprint density at radius 2 is 2.12 bits per heavy atom. The molecule has 3 rings (SSSR count). The van der Waals surface area contributed by atoms with Crippen LogP contribution in [0.2, 0.25) is 0 Å². The zero-order valence-corrected chi connectivity index (χ0v) is 14.8. The van der Waals surface area contributed by atoms with Gasteiger partial charge in [0.1, 0.15) is 0 Å². The first-order chi connectivity index (χ1) is 12.2. The summed E-state index contributed by atoms with van der Waals surface area (Å²) in [7, 11) is 0. The summed E-state index contributed by atoms with van der Waals surface area (Å²) in [6, 6.07) is 10.8. The van der Waals surface area contributed by atoms with E-state index in [0.717, 1.165) is 39.0 Å². The molecule has 2 aromatic rings. The zero-order valence-electron chi connectivity index (χ0n) is 14.8. The molecule has 25 heavy (non-hydrogen) atoms. The molecule has 1 unspecified atom stereocenters. The monoisotopic (exact) mass is 342 g/mol. The summed E-state index contributed by atoms with van der Waals surface area (Å²) in [6.07, 6.45) is 3.01. The lowest BCUT2D eigenvalue weighted by atomic mass is 10.1. The number of H-pyrrole nitrogens is 1. The van der Waals surface area contributed by atoms with Crippen LogP contribution in [0.25, 0.3) is 0 Å². The van der Waals surface area contributed by atoms with Crippen LogP contribution in [0, 0.1) is 0 Å². The molecule has 1 N–H and O–H groups in total. The van der Waals surface area contributed by atoms with Gasteiger partial charge in [-0.2, -0.15) is 5.21 Å². The van der Waals surface area contributed by atoms with Crippen molar-refractivity contribution in [2.75, 3.05) is 19.6 Å². The van der Waals surface area contributed by atoms with Gasteiger partial charge in [0, 0.05) is 45.1 Å². The predicted octanol–water partition coefficient (Wildman–Crippen LogP) is 1.65. The van der Waals surface area contributed by atoms with Crippen LogP contribution < -0.4 is 0 Å². The minimum absolute atomic E-state index is 0.234. The number of nitrogens with zero attached hydrogens (tertiary/aromatic N) is 5. The molecule has 0 aliphatic carbocycles. The Hall–Kier alpha value is -2.28. The van der Waals surface area contributed by atoms with Gasteiger partial charge in [0.05, 0.1) is 0 Å². The molecule has 2 heterocycles. The van der Waals surface area contributed by atoms with Crippen molar-refractivity contribution in [3.63, 3.8) is 0 Å².